The Labute approximate surface area is 194 Å². The van der Waals surface area contributed by atoms with Crippen molar-refractivity contribution in [3.8, 4) is 0 Å². The second-order valence-corrected chi connectivity index (χ2v) is 9.76. The first-order valence-corrected chi connectivity index (χ1v) is 12.2. The van der Waals surface area contributed by atoms with Crippen LogP contribution in [0.5, 0.6) is 0 Å². The van der Waals surface area contributed by atoms with Crippen LogP contribution < -0.4 is 10.3 Å². The molecule has 8 heteroatoms. The van der Waals surface area contributed by atoms with E-state index in [1.165, 1.54) is 16.4 Å². The number of carbonyl (C=O) groups is 1. The van der Waals surface area contributed by atoms with Gasteiger partial charge in [0.15, 0.2) is 0 Å². The van der Waals surface area contributed by atoms with Gasteiger partial charge < -0.3 is 4.90 Å². The highest BCUT2D eigenvalue weighted by atomic mass is 32.2. The summed E-state index contributed by atoms with van der Waals surface area (Å²) in [5.41, 5.74) is 5.65. The number of hydrogen-bond acceptors (Lipinski definition) is 5. The first kappa shape index (κ1) is 22.7. The predicted molar refractivity (Wildman–Crippen MR) is 130 cm³/mol. The maximum absolute atomic E-state index is 12.7. The average molecular weight is 463 g/mol. The van der Waals surface area contributed by atoms with E-state index in [4.69, 9.17) is 0 Å². The molecule has 170 valence electrons. The second kappa shape index (κ2) is 9.97. The van der Waals surface area contributed by atoms with Gasteiger partial charge in [-0.25, -0.2) is 13.8 Å². The molecule has 0 radical (unpaired) electrons. The van der Waals surface area contributed by atoms with E-state index in [1.807, 2.05) is 61.6 Å². The van der Waals surface area contributed by atoms with Gasteiger partial charge in [-0.1, -0.05) is 36.4 Å². The first-order chi connectivity index (χ1) is 15.9. The molecule has 1 heterocycles. The van der Waals surface area contributed by atoms with Crippen molar-refractivity contribution in [2.45, 2.75) is 17.7 Å². The zero-order valence-corrected chi connectivity index (χ0v) is 19.2. The Kier molecular flexibility index (Phi) is 6.86. The number of para-hydroxylation sites is 1. The zero-order valence-electron chi connectivity index (χ0n) is 18.4. The number of nitrogens with one attached hydrogen (secondary N) is 1. The van der Waals surface area contributed by atoms with Crippen molar-refractivity contribution in [2.75, 3.05) is 25.0 Å². The molecule has 0 atom stereocenters. The normalized spacial score (nSPS) is 14.5. The summed E-state index contributed by atoms with van der Waals surface area (Å²) >= 11 is 0. The lowest BCUT2D eigenvalue weighted by Gasteiger charge is -2.19. The maximum atomic E-state index is 12.7. The molecule has 1 amide bonds. The minimum absolute atomic E-state index is 0.124. The third-order valence-electron chi connectivity index (χ3n) is 5.60. The van der Waals surface area contributed by atoms with Crippen molar-refractivity contribution >= 4 is 33.5 Å². The molecular weight excluding hydrogens is 436 g/mol. The number of anilines is 2. The van der Waals surface area contributed by atoms with Crippen molar-refractivity contribution in [3.63, 3.8) is 0 Å². The van der Waals surface area contributed by atoms with E-state index in [0.717, 1.165) is 29.8 Å². The fraction of sp³-hybridized carbons (Fsp3) is 0.200. The molecule has 1 aliphatic rings. The Hall–Kier alpha value is -3.49. The Morgan fingerprint density at radius 1 is 0.939 bits per heavy atom. The summed E-state index contributed by atoms with van der Waals surface area (Å²) < 4.78 is 26.9. The summed E-state index contributed by atoms with van der Waals surface area (Å²) in [6.07, 6.45) is 3.27. The SMILES string of the molecule is CN(c1ccccc1)c1ccc(C=NNC(=O)c2cccc(S(=O)(=O)N3CCCC3)c2)cc1. The van der Waals surface area contributed by atoms with Crippen LogP contribution >= 0.6 is 0 Å². The van der Waals surface area contributed by atoms with Crippen molar-refractivity contribution in [1.82, 2.24) is 9.73 Å². The monoisotopic (exact) mass is 462 g/mol. The average Bonchev–Trinajstić information content (AvgIpc) is 3.41. The summed E-state index contributed by atoms with van der Waals surface area (Å²) in [5, 5.41) is 4.02. The lowest BCUT2D eigenvalue weighted by atomic mass is 10.2. The minimum Gasteiger partial charge on any atom is -0.345 e. The molecule has 0 unspecified atom stereocenters. The third kappa shape index (κ3) is 5.30. The van der Waals surface area contributed by atoms with E-state index in [9.17, 15) is 13.2 Å². The molecule has 4 rings (SSSR count). The zero-order chi connectivity index (χ0) is 23.3. The Bertz CT molecular complexity index is 1240. The van der Waals surface area contributed by atoms with E-state index >= 15 is 0 Å². The highest BCUT2D eigenvalue weighted by Gasteiger charge is 2.27. The number of hydrogen-bond donors (Lipinski definition) is 1. The van der Waals surface area contributed by atoms with E-state index in [-0.39, 0.29) is 10.5 Å². The van der Waals surface area contributed by atoms with Crippen LogP contribution in [0.4, 0.5) is 11.4 Å². The molecule has 0 saturated carbocycles. The van der Waals surface area contributed by atoms with Crippen molar-refractivity contribution in [1.29, 1.82) is 0 Å². The van der Waals surface area contributed by atoms with Crippen LogP contribution in [0.1, 0.15) is 28.8 Å². The molecule has 1 saturated heterocycles. The molecule has 7 nitrogen and oxygen atoms in total. The fourth-order valence-electron chi connectivity index (χ4n) is 3.69. The predicted octanol–water partition coefficient (Wildman–Crippen LogP) is 4.00. The van der Waals surface area contributed by atoms with E-state index in [0.29, 0.717) is 13.1 Å². The van der Waals surface area contributed by atoms with Gasteiger partial charge in [0.25, 0.3) is 5.91 Å². The molecule has 1 fully saturated rings. The highest BCUT2D eigenvalue weighted by molar-refractivity contribution is 7.89. The molecule has 0 aliphatic carbocycles. The van der Waals surface area contributed by atoms with Gasteiger partial charge in [0.1, 0.15) is 0 Å². The summed E-state index contributed by atoms with van der Waals surface area (Å²) in [7, 11) is -1.58. The van der Waals surface area contributed by atoms with Crippen molar-refractivity contribution in [3.05, 3.63) is 90.0 Å². The number of hydrazone groups is 1. The largest absolute Gasteiger partial charge is 0.345 e. The molecule has 1 N–H and O–H groups in total. The molecule has 3 aromatic rings. The lowest BCUT2D eigenvalue weighted by Crippen LogP contribution is -2.28. The minimum atomic E-state index is -3.58. The van der Waals surface area contributed by atoms with Crippen LogP contribution in [0.2, 0.25) is 0 Å². The van der Waals surface area contributed by atoms with Gasteiger partial charge in [-0.2, -0.15) is 9.41 Å². The van der Waals surface area contributed by atoms with Gasteiger partial charge in [-0.3, -0.25) is 4.79 Å². The Balaban J connectivity index is 1.39. The van der Waals surface area contributed by atoms with Gasteiger partial charge in [0.2, 0.25) is 10.0 Å². The highest BCUT2D eigenvalue weighted by Crippen LogP contribution is 2.23. The van der Waals surface area contributed by atoms with E-state index in [1.54, 1.807) is 18.3 Å². The third-order valence-corrected chi connectivity index (χ3v) is 7.50. The molecule has 33 heavy (non-hydrogen) atoms. The van der Waals surface area contributed by atoms with Gasteiger partial charge in [0.05, 0.1) is 11.1 Å². The number of rotatable bonds is 7. The number of benzene rings is 3. The number of carbonyl (C=O) groups excluding carboxylic acids is 1. The van der Waals surface area contributed by atoms with Crippen molar-refractivity contribution < 1.29 is 13.2 Å². The van der Waals surface area contributed by atoms with Crippen LogP contribution in [-0.2, 0) is 10.0 Å². The molecule has 0 bridgehead atoms. The molecule has 0 aromatic heterocycles. The van der Waals surface area contributed by atoms with Crippen LogP contribution in [0.3, 0.4) is 0 Å². The maximum Gasteiger partial charge on any atom is 0.271 e. The topological polar surface area (TPSA) is 82.1 Å². The smallest absolute Gasteiger partial charge is 0.271 e. The van der Waals surface area contributed by atoms with Gasteiger partial charge in [-0.05, 0) is 60.9 Å². The van der Waals surface area contributed by atoms with Crippen LogP contribution in [0.15, 0.2) is 88.9 Å². The summed E-state index contributed by atoms with van der Waals surface area (Å²) in [5.74, 6) is -0.467. The van der Waals surface area contributed by atoms with Gasteiger partial charge in [-0.15, -0.1) is 0 Å². The second-order valence-electron chi connectivity index (χ2n) is 7.82. The Morgan fingerprint density at radius 3 is 2.30 bits per heavy atom. The quantitative estimate of drug-likeness (QED) is 0.425. The van der Waals surface area contributed by atoms with Crippen LogP contribution in [0.25, 0.3) is 0 Å². The lowest BCUT2D eigenvalue weighted by molar-refractivity contribution is 0.0955. The standard InChI is InChI=1S/C25H26N4O3S/c1-28(22-9-3-2-4-10-22)23-14-12-20(13-15-23)19-26-27-25(30)21-8-7-11-24(18-21)33(31,32)29-16-5-6-17-29/h2-4,7-15,18-19H,5-6,16-17H2,1H3,(H,27,30). The summed E-state index contributed by atoms with van der Waals surface area (Å²) in [6, 6.07) is 23.9. The summed E-state index contributed by atoms with van der Waals surface area (Å²) in [6.45, 7) is 1.03. The number of nitrogens with zero attached hydrogens (tertiary/aromatic N) is 3. The number of sulfonamides is 1. The van der Waals surface area contributed by atoms with Crippen LogP contribution in [-0.4, -0.2) is 45.0 Å². The van der Waals surface area contributed by atoms with Gasteiger partial charge >= 0.3 is 0 Å². The Morgan fingerprint density at radius 2 is 1.61 bits per heavy atom. The number of amides is 1. The van der Waals surface area contributed by atoms with Crippen LogP contribution in [0, 0.1) is 0 Å². The molecule has 1 aliphatic heterocycles. The van der Waals surface area contributed by atoms with E-state index < -0.39 is 15.9 Å². The van der Waals surface area contributed by atoms with E-state index in [2.05, 4.69) is 15.4 Å². The fourth-order valence-corrected chi connectivity index (χ4v) is 5.25. The molecule has 3 aromatic carbocycles. The van der Waals surface area contributed by atoms with Gasteiger partial charge in [0, 0.05) is 37.1 Å². The molecule has 0 spiro atoms. The molecular formula is C25H26N4O3S. The van der Waals surface area contributed by atoms with Crippen molar-refractivity contribution in [2.24, 2.45) is 5.10 Å². The first-order valence-electron chi connectivity index (χ1n) is 10.8. The summed E-state index contributed by atoms with van der Waals surface area (Å²) in [4.78, 5) is 14.7.